The zero-order chi connectivity index (χ0) is 27.1. The van der Waals surface area contributed by atoms with Gasteiger partial charge >= 0.3 is 5.97 Å². The summed E-state index contributed by atoms with van der Waals surface area (Å²) in [7, 11) is 1.42. The fourth-order valence-corrected chi connectivity index (χ4v) is 5.37. The summed E-state index contributed by atoms with van der Waals surface area (Å²) >= 11 is 0. The molecule has 3 aliphatic heterocycles. The molecule has 38 heavy (non-hydrogen) atoms. The van der Waals surface area contributed by atoms with Crippen molar-refractivity contribution in [2.45, 2.75) is 19.0 Å². The Bertz CT molecular complexity index is 1410. The van der Waals surface area contributed by atoms with Crippen LogP contribution in [0.4, 0.5) is 11.4 Å². The van der Waals surface area contributed by atoms with Crippen molar-refractivity contribution >= 4 is 34.9 Å². The van der Waals surface area contributed by atoms with Crippen molar-refractivity contribution in [3.8, 4) is 5.75 Å². The van der Waals surface area contributed by atoms with Crippen molar-refractivity contribution < 1.29 is 33.6 Å². The molecule has 2 aromatic carbocycles. The monoisotopic (exact) mass is 517 g/mol. The summed E-state index contributed by atoms with van der Waals surface area (Å²) in [6.07, 6.45) is 4.56. The summed E-state index contributed by atoms with van der Waals surface area (Å²) in [6, 6.07) is 9.81. The van der Waals surface area contributed by atoms with Crippen LogP contribution in [0.5, 0.6) is 5.75 Å². The van der Waals surface area contributed by atoms with Gasteiger partial charge in [-0.15, -0.1) is 0 Å². The number of Topliss-reactive ketones (excluding diaryl/α,β-unsaturated/α-hetero) is 1. The number of carbonyl (C=O) groups excluding carboxylic acids is 4. The average Bonchev–Trinajstić information content (AvgIpc) is 3.39. The number of amides is 2. The van der Waals surface area contributed by atoms with Gasteiger partial charge in [0.15, 0.2) is 5.78 Å². The minimum Gasteiger partial charge on any atom is -0.495 e. The van der Waals surface area contributed by atoms with Crippen LogP contribution in [0.3, 0.4) is 0 Å². The van der Waals surface area contributed by atoms with Crippen LogP contribution < -0.4 is 9.64 Å². The zero-order valence-corrected chi connectivity index (χ0v) is 20.5. The first-order valence-corrected chi connectivity index (χ1v) is 11.9. The number of methoxy groups -OCH3 is 1. The first-order chi connectivity index (χ1) is 18.3. The van der Waals surface area contributed by atoms with E-state index in [-0.39, 0.29) is 29.1 Å². The molecule has 0 N–H and O–H groups in total. The van der Waals surface area contributed by atoms with Crippen molar-refractivity contribution in [1.82, 2.24) is 4.90 Å². The third-order valence-corrected chi connectivity index (χ3v) is 7.02. The summed E-state index contributed by atoms with van der Waals surface area (Å²) in [5.41, 5.74) is 0.447. The Hall–Kier alpha value is -4.80. The van der Waals surface area contributed by atoms with Gasteiger partial charge in [0.25, 0.3) is 5.69 Å². The van der Waals surface area contributed by atoms with E-state index in [1.165, 1.54) is 43.7 Å². The van der Waals surface area contributed by atoms with Crippen molar-refractivity contribution in [3.05, 3.63) is 88.1 Å². The number of benzene rings is 2. The number of hydrogen-bond acceptors (Lipinski definition) is 9. The van der Waals surface area contributed by atoms with Gasteiger partial charge in [-0.2, -0.15) is 0 Å². The van der Waals surface area contributed by atoms with Gasteiger partial charge in [-0.3, -0.25) is 24.5 Å². The number of rotatable bonds is 7. The normalized spacial score (nSPS) is 23.6. The highest BCUT2D eigenvalue weighted by molar-refractivity contribution is 6.25. The first-order valence-electron chi connectivity index (χ1n) is 11.9. The van der Waals surface area contributed by atoms with Gasteiger partial charge in [0.1, 0.15) is 11.8 Å². The van der Waals surface area contributed by atoms with E-state index < -0.39 is 52.4 Å². The number of ketones is 1. The van der Waals surface area contributed by atoms with Crippen LogP contribution in [-0.4, -0.2) is 59.2 Å². The molecule has 11 nitrogen and oxygen atoms in total. The molecule has 5 rings (SSSR count). The van der Waals surface area contributed by atoms with Crippen LogP contribution in [0.15, 0.2) is 72.5 Å². The number of nitrogens with zero attached hydrogens (tertiary/aromatic N) is 3. The summed E-state index contributed by atoms with van der Waals surface area (Å²) < 4.78 is 10.5. The number of nitro groups is 1. The molecule has 2 aromatic rings. The molecule has 1 unspecified atom stereocenters. The van der Waals surface area contributed by atoms with E-state index >= 15 is 0 Å². The fraction of sp³-hybridized carbons (Fsp3) is 0.259. The number of para-hydroxylation sites is 2. The van der Waals surface area contributed by atoms with Gasteiger partial charge in [-0.1, -0.05) is 12.1 Å². The highest BCUT2D eigenvalue weighted by atomic mass is 16.6. The van der Waals surface area contributed by atoms with Gasteiger partial charge in [-0.05, 0) is 43.3 Å². The number of imide groups is 1. The molecule has 3 heterocycles. The molecule has 0 saturated carbocycles. The van der Waals surface area contributed by atoms with E-state index in [4.69, 9.17) is 9.47 Å². The van der Waals surface area contributed by atoms with Crippen LogP contribution in [0.2, 0.25) is 0 Å². The van der Waals surface area contributed by atoms with Gasteiger partial charge in [-0.25, -0.2) is 9.69 Å². The zero-order valence-electron chi connectivity index (χ0n) is 20.5. The lowest BCUT2D eigenvalue weighted by atomic mass is 9.86. The highest BCUT2D eigenvalue weighted by Gasteiger charge is 2.64. The van der Waals surface area contributed by atoms with Crippen LogP contribution in [0.25, 0.3) is 0 Å². The van der Waals surface area contributed by atoms with Crippen molar-refractivity contribution in [2.24, 2.45) is 11.8 Å². The lowest BCUT2D eigenvalue weighted by Crippen LogP contribution is -2.46. The molecule has 2 saturated heterocycles. The molecule has 4 atom stereocenters. The molecule has 11 heteroatoms. The third-order valence-electron chi connectivity index (χ3n) is 7.02. The minimum atomic E-state index is -1.08. The molecule has 0 spiro atoms. The Morgan fingerprint density at radius 1 is 1.03 bits per heavy atom. The Morgan fingerprint density at radius 2 is 1.71 bits per heavy atom. The maximum atomic E-state index is 13.9. The third kappa shape index (κ3) is 3.83. The second kappa shape index (κ2) is 9.58. The number of hydrogen-bond donors (Lipinski definition) is 0. The number of anilines is 1. The topological polar surface area (TPSA) is 136 Å². The Kier molecular flexibility index (Phi) is 6.27. The van der Waals surface area contributed by atoms with Gasteiger partial charge in [0.2, 0.25) is 11.8 Å². The lowest BCUT2D eigenvalue weighted by Gasteiger charge is -2.32. The van der Waals surface area contributed by atoms with E-state index in [2.05, 4.69) is 0 Å². The smallest absolute Gasteiger partial charge is 0.337 e. The largest absolute Gasteiger partial charge is 0.495 e. The van der Waals surface area contributed by atoms with E-state index in [1.54, 1.807) is 42.2 Å². The van der Waals surface area contributed by atoms with E-state index in [9.17, 15) is 29.3 Å². The van der Waals surface area contributed by atoms with E-state index in [0.717, 1.165) is 4.90 Å². The van der Waals surface area contributed by atoms with Crippen molar-refractivity contribution in [3.63, 3.8) is 0 Å². The summed E-state index contributed by atoms with van der Waals surface area (Å²) in [6.45, 7) is 1.83. The molecule has 0 aromatic heterocycles. The predicted octanol–water partition coefficient (Wildman–Crippen LogP) is 2.66. The number of nitro benzene ring substituents is 1. The Labute approximate surface area is 217 Å². The molecule has 0 radical (unpaired) electrons. The second-order valence-corrected chi connectivity index (χ2v) is 8.94. The number of carbonyl (C=O) groups is 4. The number of ether oxygens (including phenoxy) is 2. The number of esters is 1. The highest BCUT2D eigenvalue weighted by Crippen LogP contribution is 2.48. The van der Waals surface area contributed by atoms with Crippen molar-refractivity contribution in [1.29, 1.82) is 0 Å². The minimum absolute atomic E-state index is 0.157. The Morgan fingerprint density at radius 3 is 2.37 bits per heavy atom. The maximum absolute atomic E-state index is 13.9. The van der Waals surface area contributed by atoms with Crippen LogP contribution >= 0.6 is 0 Å². The second-order valence-electron chi connectivity index (χ2n) is 8.94. The molecule has 2 amide bonds. The summed E-state index contributed by atoms with van der Waals surface area (Å²) in [4.78, 5) is 67.1. The maximum Gasteiger partial charge on any atom is 0.337 e. The summed E-state index contributed by atoms with van der Waals surface area (Å²) in [5, 5.41) is 11.1. The summed E-state index contributed by atoms with van der Waals surface area (Å²) in [5.74, 6) is -3.86. The Balaban J connectivity index is 1.59. The quantitative estimate of drug-likeness (QED) is 0.178. The van der Waals surface area contributed by atoms with Crippen LogP contribution in [0.1, 0.15) is 17.3 Å². The van der Waals surface area contributed by atoms with Crippen LogP contribution in [0, 0.1) is 22.0 Å². The predicted molar refractivity (Wildman–Crippen MR) is 133 cm³/mol. The van der Waals surface area contributed by atoms with E-state index in [1.807, 2.05) is 0 Å². The van der Waals surface area contributed by atoms with Crippen molar-refractivity contribution in [2.75, 3.05) is 18.6 Å². The van der Waals surface area contributed by atoms with Gasteiger partial charge in [0, 0.05) is 23.9 Å². The molecule has 2 fully saturated rings. The van der Waals surface area contributed by atoms with Gasteiger partial charge < -0.3 is 14.4 Å². The van der Waals surface area contributed by atoms with Gasteiger partial charge in [0.05, 0.1) is 47.8 Å². The number of non-ortho nitro benzene ring substituents is 1. The lowest BCUT2D eigenvalue weighted by molar-refractivity contribution is -0.384. The molecular formula is C27H23N3O8. The fourth-order valence-electron chi connectivity index (χ4n) is 5.37. The molecule has 3 aliphatic rings. The van der Waals surface area contributed by atoms with E-state index in [0.29, 0.717) is 5.75 Å². The molecule has 0 aliphatic carbocycles. The average molecular weight is 517 g/mol. The molecule has 194 valence electrons. The number of fused-ring (bicyclic) bond motifs is 3. The SMILES string of the molecule is CCOC(=O)C1=C[C@H]2[C@@H]3C(=O)N(c4ccccc4OC)C(=O)[C@@H]3C(C(=O)c3ccc([N+](=O)[O-])cc3)N2C=C1. The molecular weight excluding hydrogens is 494 g/mol. The molecule has 0 bridgehead atoms. The first kappa shape index (κ1) is 24.9. The van der Waals surface area contributed by atoms with Crippen LogP contribution in [-0.2, 0) is 19.1 Å². The standard InChI is InChI=1S/C27H23N3O8/c1-3-38-27(34)16-12-13-28-19(14-16)21-22(23(28)24(31)15-8-10-17(11-9-15)30(35)36)26(33)29(25(21)32)18-6-4-5-7-20(18)37-2/h4-14,19,21-23H,3H2,1-2H3/t19-,21-,22-,23?/m0/s1.